The van der Waals surface area contributed by atoms with Gasteiger partial charge in [0.1, 0.15) is 0 Å². The van der Waals surface area contributed by atoms with Gasteiger partial charge in [-0.1, -0.05) is 0 Å². The largest absolute Gasteiger partial charge is 0.444 e. The fraction of sp³-hybridized carbons (Fsp3) is 0.167. The summed E-state index contributed by atoms with van der Waals surface area (Å²) in [4.78, 5) is 15.9. The van der Waals surface area contributed by atoms with E-state index in [1.165, 1.54) is 6.20 Å². The highest BCUT2D eigenvalue weighted by atomic mass is 79.9. The number of aliphatic hydroxyl groups is 1. The van der Waals surface area contributed by atoms with Crippen LogP contribution in [0.1, 0.15) is 21.7 Å². The number of carbonyl (C=O) groups excluding carboxylic acids is 1. The van der Waals surface area contributed by atoms with Crippen molar-refractivity contribution in [2.75, 3.05) is 5.32 Å². The van der Waals surface area contributed by atoms with Gasteiger partial charge in [-0.2, -0.15) is 0 Å². The number of aromatic nitrogens is 1. The van der Waals surface area contributed by atoms with E-state index in [9.17, 15) is 4.79 Å². The summed E-state index contributed by atoms with van der Waals surface area (Å²) in [5.41, 5.74) is 1.80. The molecule has 0 radical (unpaired) electrons. The van der Waals surface area contributed by atoms with Gasteiger partial charge in [-0.05, 0) is 35.0 Å². The summed E-state index contributed by atoms with van der Waals surface area (Å²) in [6.45, 7) is 1.61. The number of rotatable bonds is 3. The van der Waals surface area contributed by atoms with Crippen LogP contribution in [0, 0.1) is 6.92 Å². The smallest absolute Gasteiger partial charge is 0.291 e. The third-order valence-corrected chi connectivity index (χ3v) is 2.81. The number of nitrogens with one attached hydrogen (secondary N) is 1. The van der Waals surface area contributed by atoms with Crippen molar-refractivity contribution in [1.82, 2.24) is 4.98 Å². The summed E-state index contributed by atoms with van der Waals surface area (Å²) in [6.07, 6.45) is 3.03. The standard InChI is InChI=1S/C12H11BrN2O3/c1-7-4-10(13)18-11(7)12(17)15-9-5-14-3-2-8(9)6-16/h2-5,16H,6H2,1H3,(H,15,17). The zero-order chi connectivity index (χ0) is 13.1. The van der Waals surface area contributed by atoms with E-state index in [2.05, 4.69) is 26.2 Å². The predicted octanol–water partition coefficient (Wildman–Crippen LogP) is 2.49. The number of hydrogen-bond donors (Lipinski definition) is 2. The van der Waals surface area contributed by atoms with E-state index in [1.54, 1.807) is 25.3 Å². The van der Waals surface area contributed by atoms with Crippen molar-refractivity contribution < 1.29 is 14.3 Å². The summed E-state index contributed by atoms with van der Waals surface area (Å²) in [5.74, 6) is -0.143. The zero-order valence-electron chi connectivity index (χ0n) is 9.61. The van der Waals surface area contributed by atoms with Gasteiger partial charge < -0.3 is 14.8 Å². The Hall–Kier alpha value is -1.66. The molecule has 2 heterocycles. The highest BCUT2D eigenvalue weighted by Gasteiger charge is 2.16. The first kappa shape index (κ1) is 12.8. The van der Waals surface area contributed by atoms with Gasteiger partial charge >= 0.3 is 0 Å². The summed E-state index contributed by atoms with van der Waals surface area (Å²) in [6, 6.07) is 3.35. The topological polar surface area (TPSA) is 75.4 Å². The lowest BCUT2D eigenvalue weighted by Crippen LogP contribution is -2.13. The van der Waals surface area contributed by atoms with Crippen LogP contribution >= 0.6 is 15.9 Å². The summed E-state index contributed by atoms with van der Waals surface area (Å²) in [5, 5.41) is 11.8. The average molecular weight is 311 g/mol. The van der Waals surface area contributed by atoms with Crippen LogP contribution < -0.4 is 5.32 Å². The number of nitrogens with zero attached hydrogens (tertiary/aromatic N) is 1. The van der Waals surface area contributed by atoms with Crippen molar-refractivity contribution in [3.8, 4) is 0 Å². The number of pyridine rings is 1. The van der Waals surface area contributed by atoms with Gasteiger partial charge in [0.15, 0.2) is 10.4 Å². The third-order valence-electron chi connectivity index (χ3n) is 2.42. The first-order valence-electron chi connectivity index (χ1n) is 5.23. The number of furan rings is 1. The van der Waals surface area contributed by atoms with Crippen molar-refractivity contribution >= 4 is 27.5 Å². The van der Waals surface area contributed by atoms with Crippen molar-refractivity contribution in [1.29, 1.82) is 0 Å². The Balaban J connectivity index is 2.24. The molecule has 2 N–H and O–H groups in total. The third kappa shape index (κ3) is 2.60. The van der Waals surface area contributed by atoms with Gasteiger partial charge in [-0.25, -0.2) is 0 Å². The molecule has 94 valence electrons. The number of carbonyl (C=O) groups is 1. The Kier molecular flexibility index (Phi) is 3.78. The quantitative estimate of drug-likeness (QED) is 0.913. The molecular weight excluding hydrogens is 300 g/mol. The molecule has 0 fully saturated rings. The van der Waals surface area contributed by atoms with Gasteiger partial charge in [0.05, 0.1) is 18.5 Å². The van der Waals surface area contributed by atoms with E-state index in [4.69, 9.17) is 9.52 Å². The summed E-state index contributed by atoms with van der Waals surface area (Å²) < 4.78 is 5.74. The molecule has 2 rings (SSSR count). The van der Waals surface area contributed by atoms with Crippen LogP contribution in [0.25, 0.3) is 0 Å². The molecule has 0 spiro atoms. The van der Waals surface area contributed by atoms with E-state index in [0.717, 1.165) is 5.56 Å². The molecule has 0 unspecified atom stereocenters. The van der Waals surface area contributed by atoms with Crippen molar-refractivity contribution in [3.63, 3.8) is 0 Å². The molecule has 6 heteroatoms. The average Bonchev–Trinajstić information content (AvgIpc) is 2.69. The maximum Gasteiger partial charge on any atom is 0.291 e. The molecule has 0 bridgehead atoms. The molecule has 1 amide bonds. The molecule has 0 aliphatic carbocycles. The van der Waals surface area contributed by atoms with Crippen LogP contribution in [0.4, 0.5) is 5.69 Å². The minimum Gasteiger partial charge on any atom is -0.444 e. The lowest BCUT2D eigenvalue weighted by Gasteiger charge is -2.07. The van der Waals surface area contributed by atoms with Crippen molar-refractivity contribution in [2.24, 2.45) is 0 Å². The molecule has 2 aromatic heterocycles. The second-order valence-corrected chi connectivity index (χ2v) is 4.49. The van der Waals surface area contributed by atoms with Crippen LogP contribution in [-0.4, -0.2) is 16.0 Å². The van der Waals surface area contributed by atoms with Crippen LogP contribution in [0.15, 0.2) is 33.6 Å². The number of aliphatic hydroxyl groups excluding tert-OH is 1. The van der Waals surface area contributed by atoms with Crippen molar-refractivity contribution in [2.45, 2.75) is 13.5 Å². The van der Waals surface area contributed by atoms with Gasteiger partial charge in [0, 0.05) is 17.3 Å². The summed E-state index contributed by atoms with van der Waals surface area (Å²) >= 11 is 3.17. The molecule has 5 nitrogen and oxygen atoms in total. The van der Waals surface area contributed by atoms with Crippen LogP contribution in [-0.2, 0) is 6.61 Å². The van der Waals surface area contributed by atoms with Gasteiger partial charge in [-0.3, -0.25) is 9.78 Å². The predicted molar refractivity (Wildman–Crippen MR) is 69.3 cm³/mol. The van der Waals surface area contributed by atoms with Gasteiger partial charge in [0.2, 0.25) is 0 Å². The van der Waals surface area contributed by atoms with E-state index in [-0.39, 0.29) is 18.3 Å². The Labute approximate surface area is 112 Å². The molecule has 0 aliphatic heterocycles. The maximum atomic E-state index is 12.0. The lowest BCUT2D eigenvalue weighted by atomic mass is 10.2. The molecule has 0 atom stereocenters. The molecule has 2 aromatic rings. The second kappa shape index (κ2) is 5.32. The van der Waals surface area contributed by atoms with E-state index < -0.39 is 0 Å². The van der Waals surface area contributed by atoms with Gasteiger partial charge in [-0.15, -0.1) is 0 Å². The Morgan fingerprint density at radius 2 is 2.39 bits per heavy atom. The number of amides is 1. The number of hydrogen-bond acceptors (Lipinski definition) is 4. The minimum atomic E-state index is -0.374. The highest BCUT2D eigenvalue weighted by molar-refractivity contribution is 9.10. The Bertz CT molecular complexity index is 580. The molecule has 0 saturated carbocycles. The first-order chi connectivity index (χ1) is 8.61. The lowest BCUT2D eigenvalue weighted by molar-refractivity contribution is 0.0994. The van der Waals surface area contributed by atoms with Crippen LogP contribution in [0.3, 0.4) is 0 Å². The Morgan fingerprint density at radius 3 is 3.00 bits per heavy atom. The fourth-order valence-electron chi connectivity index (χ4n) is 1.52. The van der Waals surface area contributed by atoms with Crippen molar-refractivity contribution in [3.05, 3.63) is 46.1 Å². The SMILES string of the molecule is Cc1cc(Br)oc1C(=O)Nc1cnccc1CO. The monoisotopic (exact) mass is 310 g/mol. The van der Waals surface area contributed by atoms with E-state index in [1.807, 2.05) is 0 Å². The molecule has 0 aromatic carbocycles. The minimum absolute atomic E-state index is 0.168. The molecular formula is C12H11BrN2O3. The van der Waals surface area contributed by atoms with Crippen LogP contribution in [0.5, 0.6) is 0 Å². The van der Waals surface area contributed by atoms with E-state index >= 15 is 0 Å². The zero-order valence-corrected chi connectivity index (χ0v) is 11.2. The highest BCUT2D eigenvalue weighted by Crippen LogP contribution is 2.21. The first-order valence-corrected chi connectivity index (χ1v) is 6.02. The number of halogens is 1. The van der Waals surface area contributed by atoms with Crippen LogP contribution in [0.2, 0.25) is 0 Å². The second-order valence-electron chi connectivity index (χ2n) is 3.71. The van der Waals surface area contributed by atoms with E-state index in [0.29, 0.717) is 15.9 Å². The normalized spacial score (nSPS) is 10.4. The molecule has 0 saturated heterocycles. The number of anilines is 1. The summed E-state index contributed by atoms with van der Waals surface area (Å²) in [7, 11) is 0. The molecule has 18 heavy (non-hydrogen) atoms. The number of aryl methyl sites for hydroxylation is 1. The Morgan fingerprint density at radius 1 is 1.61 bits per heavy atom. The fourth-order valence-corrected chi connectivity index (χ4v) is 2.03. The maximum absolute atomic E-state index is 12.0. The molecule has 0 aliphatic rings. The van der Waals surface area contributed by atoms with Gasteiger partial charge in [0.25, 0.3) is 5.91 Å².